The second-order valence-corrected chi connectivity index (χ2v) is 9.38. The van der Waals surface area contributed by atoms with E-state index < -0.39 is 27.7 Å². The van der Waals surface area contributed by atoms with Crippen LogP contribution >= 0.6 is 0 Å². The number of benzene rings is 2. The number of sulfone groups is 1. The number of imide groups is 1. The van der Waals surface area contributed by atoms with Gasteiger partial charge in [0.1, 0.15) is 6.04 Å². The highest BCUT2D eigenvalue weighted by Gasteiger charge is 2.42. The van der Waals surface area contributed by atoms with Gasteiger partial charge in [0.25, 0.3) is 11.8 Å². The third-order valence-electron chi connectivity index (χ3n) is 5.21. The van der Waals surface area contributed by atoms with Crippen molar-refractivity contribution in [1.29, 1.82) is 0 Å². The fourth-order valence-electron chi connectivity index (χ4n) is 3.36. The Morgan fingerprint density at radius 2 is 1.74 bits per heavy atom. The summed E-state index contributed by atoms with van der Waals surface area (Å²) in [4.78, 5) is 40.5. The zero-order valence-electron chi connectivity index (χ0n) is 17.4. The Morgan fingerprint density at radius 3 is 2.35 bits per heavy atom. The molecular weight excluding hydrogens is 420 g/mol. The van der Waals surface area contributed by atoms with E-state index in [4.69, 9.17) is 4.74 Å². The van der Waals surface area contributed by atoms with Crippen LogP contribution in [0.5, 0.6) is 0 Å². The lowest BCUT2D eigenvalue weighted by Gasteiger charge is -2.23. The molecule has 1 unspecified atom stereocenters. The number of hydrogen-bond acceptors (Lipinski definition) is 6. The predicted octanol–water partition coefficient (Wildman–Crippen LogP) is 1.51. The molecule has 31 heavy (non-hydrogen) atoms. The summed E-state index contributed by atoms with van der Waals surface area (Å²) in [6.45, 7) is 0.230. The Balaban J connectivity index is 1.71. The molecule has 3 rings (SSSR count). The minimum atomic E-state index is -3.51. The molecule has 9 heteroatoms. The minimum absolute atomic E-state index is 0.0725. The molecule has 1 heterocycles. The van der Waals surface area contributed by atoms with Crippen LogP contribution in [0.15, 0.2) is 59.5 Å². The van der Waals surface area contributed by atoms with Gasteiger partial charge in [0.05, 0.1) is 30.2 Å². The molecule has 1 aliphatic rings. The quantitative estimate of drug-likeness (QED) is 0.572. The van der Waals surface area contributed by atoms with Gasteiger partial charge in [-0.2, -0.15) is 0 Å². The van der Waals surface area contributed by atoms with E-state index in [1.165, 1.54) is 43.3 Å². The molecule has 0 aliphatic carbocycles. The number of ether oxygens (including phenoxy) is 1. The Morgan fingerprint density at radius 1 is 1.10 bits per heavy atom. The van der Waals surface area contributed by atoms with E-state index in [2.05, 4.69) is 0 Å². The smallest absolute Gasteiger partial charge is 0.254 e. The van der Waals surface area contributed by atoms with Crippen molar-refractivity contribution in [3.8, 4) is 0 Å². The van der Waals surface area contributed by atoms with Crippen LogP contribution in [0.4, 0.5) is 0 Å². The highest BCUT2D eigenvalue weighted by molar-refractivity contribution is 7.91. The number of amides is 3. The average molecular weight is 445 g/mol. The molecule has 0 radical (unpaired) electrons. The predicted molar refractivity (Wildman–Crippen MR) is 113 cm³/mol. The van der Waals surface area contributed by atoms with Gasteiger partial charge in [0, 0.05) is 19.7 Å². The molecule has 0 saturated carbocycles. The molecule has 2 aromatic carbocycles. The van der Waals surface area contributed by atoms with E-state index in [1.54, 1.807) is 0 Å². The topological polar surface area (TPSA) is 101 Å². The van der Waals surface area contributed by atoms with Gasteiger partial charge in [-0.1, -0.05) is 30.3 Å². The Bertz CT molecular complexity index is 1070. The summed E-state index contributed by atoms with van der Waals surface area (Å²) in [6.07, 6.45) is -0.0859. The summed E-state index contributed by atoms with van der Waals surface area (Å²) in [5.41, 5.74) is 1.05. The lowest BCUT2D eigenvalue weighted by molar-refractivity contribution is -0.140. The van der Waals surface area contributed by atoms with Crippen LogP contribution in [-0.2, 0) is 30.7 Å². The molecule has 0 N–H and O–H groups in total. The van der Waals surface area contributed by atoms with Gasteiger partial charge < -0.3 is 9.64 Å². The summed E-state index contributed by atoms with van der Waals surface area (Å²) in [6, 6.07) is 13.8. The van der Waals surface area contributed by atoms with E-state index in [9.17, 15) is 22.8 Å². The Hall–Kier alpha value is -3.04. The average Bonchev–Trinajstić information content (AvgIpc) is 3.06. The van der Waals surface area contributed by atoms with E-state index in [0.717, 1.165) is 10.5 Å². The molecule has 1 atom stereocenters. The van der Waals surface area contributed by atoms with Crippen LogP contribution in [0.3, 0.4) is 0 Å². The number of likely N-dealkylation sites (tertiary alicyclic amines) is 1. The summed E-state index contributed by atoms with van der Waals surface area (Å²) in [5, 5.41) is 0. The highest BCUT2D eigenvalue weighted by Crippen LogP contribution is 2.22. The summed E-state index contributed by atoms with van der Waals surface area (Å²) in [7, 11) is -0.624. The van der Waals surface area contributed by atoms with Crippen molar-refractivity contribution >= 4 is 27.6 Å². The highest BCUT2D eigenvalue weighted by atomic mass is 32.2. The molecule has 8 nitrogen and oxygen atoms in total. The van der Waals surface area contributed by atoms with E-state index in [-0.39, 0.29) is 41.7 Å². The largest absolute Gasteiger partial charge is 0.384 e. The van der Waals surface area contributed by atoms with Gasteiger partial charge in [0.2, 0.25) is 5.91 Å². The Labute approximate surface area is 181 Å². The van der Waals surface area contributed by atoms with Crippen LogP contribution in [0.1, 0.15) is 22.3 Å². The molecule has 1 saturated heterocycles. The fraction of sp³-hybridized carbons (Fsp3) is 0.318. The summed E-state index contributed by atoms with van der Waals surface area (Å²) < 4.78 is 29.2. The zero-order chi connectivity index (χ0) is 22.6. The molecule has 3 amide bonds. The first-order valence-corrected chi connectivity index (χ1v) is 11.4. The molecule has 1 fully saturated rings. The number of carbonyl (C=O) groups excluding carboxylic acids is 3. The lowest BCUT2D eigenvalue weighted by Crippen LogP contribution is -2.42. The Kier molecular flexibility index (Phi) is 6.87. The maximum atomic E-state index is 12.9. The van der Waals surface area contributed by atoms with Crippen LogP contribution in [0, 0.1) is 0 Å². The van der Waals surface area contributed by atoms with E-state index >= 15 is 0 Å². The van der Waals surface area contributed by atoms with E-state index in [0.29, 0.717) is 0 Å². The minimum Gasteiger partial charge on any atom is -0.384 e. The standard InChI is InChI=1S/C22H24N2O6S/c1-23(19-14-20(25)24(22(19)27)15-16-6-4-3-5-7-16)21(26)17-8-10-18(11-9-17)31(28,29)13-12-30-2/h3-11,19H,12-15H2,1-2H3. The van der Waals surface area contributed by atoms with Gasteiger partial charge in [-0.25, -0.2) is 8.42 Å². The lowest BCUT2D eigenvalue weighted by atomic mass is 10.1. The summed E-state index contributed by atoms with van der Waals surface area (Å²) >= 11 is 0. The van der Waals surface area contributed by atoms with Crippen molar-refractivity contribution in [2.24, 2.45) is 0 Å². The molecule has 0 aromatic heterocycles. The van der Waals surface area contributed by atoms with Gasteiger partial charge >= 0.3 is 0 Å². The van der Waals surface area contributed by atoms with Crippen molar-refractivity contribution in [2.45, 2.75) is 23.9 Å². The van der Waals surface area contributed by atoms with Crippen molar-refractivity contribution in [2.75, 3.05) is 26.5 Å². The van der Waals surface area contributed by atoms with Gasteiger partial charge in [0.15, 0.2) is 9.84 Å². The number of hydrogen-bond donors (Lipinski definition) is 0. The molecule has 1 aliphatic heterocycles. The first kappa shape index (κ1) is 22.6. The van der Waals surface area contributed by atoms with Crippen LogP contribution in [0.25, 0.3) is 0 Å². The molecule has 0 bridgehead atoms. The van der Waals surface area contributed by atoms with Crippen LogP contribution in [0.2, 0.25) is 0 Å². The van der Waals surface area contributed by atoms with E-state index in [1.807, 2.05) is 30.3 Å². The van der Waals surface area contributed by atoms with Crippen molar-refractivity contribution < 1.29 is 27.5 Å². The maximum absolute atomic E-state index is 12.9. The molecule has 0 spiro atoms. The van der Waals surface area contributed by atoms with Crippen LogP contribution in [-0.4, -0.2) is 68.5 Å². The number of likely N-dealkylation sites (N-methyl/N-ethyl adjacent to an activating group) is 1. The van der Waals surface area contributed by atoms with Crippen molar-refractivity contribution in [3.63, 3.8) is 0 Å². The number of methoxy groups -OCH3 is 1. The monoisotopic (exact) mass is 444 g/mol. The van der Waals surface area contributed by atoms with Crippen molar-refractivity contribution in [3.05, 3.63) is 65.7 Å². The maximum Gasteiger partial charge on any atom is 0.254 e. The van der Waals surface area contributed by atoms with Gasteiger partial charge in [-0.15, -0.1) is 0 Å². The second kappa shape index (κ2) is 9.40. The SMILES string of the molecule is COCCS(=O)(=O)c1ccc(C(=O)N(C)C2CC(=O)N(Cc3ccccc3)C2=O)cc1. The first-order chi connectivity index (χ1) is 14.7. The number of nitrogens with zero attached hydrogens (tertiary/aromatic N) is 2. The number of rotatable bonds is 8. The molecule has 164 valence electrons. The number of carbonyl (C=O) groups is 3. The molecular formula is C22H24N2O6S. The zero-order valence-corrected chi connectivity index (χ0v) is 18.2. The third-order valence-corrected chi connectivity index (χ3v) is 6.90. The molecule has 2 aromatic rings. The summed E-state index contributed by atoms with van der Waals surface area (Å²) in [5.74, 6) is -1.39. The van der Waals surface area contributed by atoms with Gasteiger partial charge in [-0.3, -0.25) is 19.3 Å². The van der Waals surface area contributed by atoms with Crippen LogP contribution < -0.4 is 0 Å². The normalized spacial score (nSPS) is 16.6. The van der Waals surface area contributed by atoms with Crippen molar-refractivity contribution in [1.82, 2.24) is 9.80 Å². The fourth-order valence-corrected chi connectivity index (χ4v) is 4.53. The first-order valence-electron chi connectivity index (χ1n) is 9.71. The third kappa shape index (κ3) is 5.00. The van der Waals surface area contributed by atoms with Gasteiger partial charge in [-0.05, 0) is 29.8 Å². The second-order valence-electron chi connectivity index (χ2n) is 7.28.